The molecule has 0 spiro atoms. The minimum Gasteiger partial charge on any atom is -0.481 e. The third kappa shape index (κ3) is 3.87. The molecule has 0 aliphatic heterocycles. The van der Waals surface area contributed by atoms with Crippen LogP contribution in [0.3, 0.4) is 0 Å². The minimum atomic E-state index is -1.21. The molecule has 2 aromatic carbocycles. The highest BCUT2D eigenvalue weighted by atomic mass is 19.1. The first-order valence-corrected chi connectivity index (χ1v) is 9.17. The molecule has 4 nitrogen and oxygen atoms in total. The number of benzene rings is 2. The molecule has 142 valence electrons. The summed E-state index contributed by atoms with van der Waals surface area (Å²) in [7, 11) is 0. The van der Waals surface area contributed by atoms with Crippen molar-refractivity contribution >= 4 is 11.9 Å². The summed E-state index contributed by atoms with van der Waals surface area (Å²) in [5.41, 5.74) is -0.357. The summed E-state index contributed by atoms with van der Waals surface area (Å²) in [6, 6.07) is 15.2. The van der Waals surface area contributed by atoms with Crippen LogP contribution in [0, 0.1) is 11.2 Å². The van der Waals surface area contributed by atoms with Crippen LogP contribution in [0.5, 0.6) is 0 Å². The molecule has 5 heteroatoms. The van der Waals surface area contributed by atoms with Crippen molar-refractivity contribution in [2.45, 2.75) is 38.0 Å². The standard InChI is InChI=1S/C22H24FNO3/c1-21(20(26)27,17-8-3-2-4-9-17)15-24-19(25)22(11-6-12-22)14-16-7-5-10-18(23)13-16/h2-5,7-10,13H,6,11-12,14-15H2,1H3,(H,24,25)(H,26,27). The smallest absolute Gasteiger partial charge is 0.315 e. The van der Waals surface area contributed by atoms with Crippen LogP contribution in [0.25, 0.3) is 0 Å². The SMILES string of the molecule is CC(CNC(=O)C1(Cc2cccc(F)c2)CCC1)(C(=O)O)c1ccccc1. The molecule has 2 N–H and O–H groups in total. The second-order valence-corrected chi connectivity index (χ2v) is 7.63. The Bertz CT molecular complexity index is 832. The van der Waals surface area contributed by atoms with Crippen LogP contribution in [0.4, 0.5) is 4.39 Å². The Hall–Kier alpha value is -2.69. The van der Waals surface area contributed by atoms with Crippen LogP contribution in [0.2, 0.25) is 0 Å². The van der Waals surface area contributed by atoms with E-state index in [4.69, 9.17) is 0 Å². The predicted octanol–water partition coefficient (Wildman–Crippen LogP) is 3.70. The Kier molecular flexibility index (Phi) is 5.31. The molecule has 2 aromatic rings. The largest absolute Gasteiger partial charge is 0.481 e. The van der Waals surface area contributed by atoms with Gasteiger partial charge in [0.1, 0.15) is 11.2 Å². The van der Waals surface area contributed by atoms with Crippen LogP contribution in [-0.4, -0.2) is 23.5 Å². The topological polar surface area (TPSA) is 66.4 Å². The van der Waals surface area contributed by atoms with Gasteiger partial charge in [0.2, 0.25) is 5.91 Å². The average Bonchev–Trinajstić information content (AvgIpc) is 2.63. The van der Waals surface area contributed by atoms with Gasteiger partial charge in [0, 0.05) is 6.54 Å². The molecule has 1 aliphatic carbocycles. The second-order valence-electron chi connectivity index (χ2n) is 7.63. The number of halogens is 1. The monoisotopic (exact) mass is 369 g/mol. The Labute approximate surface area is 158 Å². The lowest BCUT2D eigenvalue weighted by Crippen LogP contribution is -2.52. The van der Waals surface area contributed by atoms with Crippen molar-refractivity contribution in [2.24, 2.45) is 5.41 Å². The van der Waals surface area contributed by atoms with Crippen LogP contribution >= 0.6 is 0 Å². The van der Waals surface area contributed by atoms with E-state index in [0.717, 1.165) is 24.8 Å². The van der Waals surface area contributed by atoms with Crippen molar-refractivity contribution < 1.29 is 19.1 Å². The molecule has 1 fully saturated rings. The molecule has 1 aliphatic rings. The summed E-state index contributed by atoms with van der Waals surface area (Å²) in [5.74, 6) is -1.45. The van der Waals surface area contributed by atoms with E-state index < -0.39 is 16.8 Å². The maximum atomic E-state index is 13.5. The Morgan fingerprint density at radius 1 is 1.15 bits per heavy atom. The lowest BCUT2D eigenvalue weighted by molar-refractivity contribution is -0.144. The molecule has 0 saturated heterocycles. The highest BCUT2D eigenvalue weighted by Gasteiger charge is 2.45. The van der Waals surface area contributed by atoms with Gasteiger partial charge in [0.15, 0.2) is 0 Å². The summed E-state index contributed by atoms with van der Waals surface area (Å²) < 4.78 is 13.5. The van der Waals surface area contributed by atoms with E-state index in [-0.39, 0.29) is 18.3 Å². The minimum absolute atomic E-state index is 0.0100. The number of aliphatic carboxylic acids is 1. The number of carbonyl (C=O) groups is 2. The van der Waals surface area contributed by atoms with Gasteiger partial charge in [-0.15, -0.1) is 0 Å². The van der Waals surface area contributed by atoms with E-state index in [9.17, 15) is 19.1 Å². The number of rotatable bonds is 7. The first-order valence-electron chi connectivity index (χ1n) is 9.17. The number of carboxylic acids is 1. The van der Waals surface area contributed by atoms with E-state index >= 15 is 0 Å². The molecule has 3 rings (SSSR count). The zero-order chi connectivity index (χ0) is 19.5. The van der Waals surface area contributed by atoms with Crippen LogP contribution in [-0.2, 0) is 21.4 Å². The molecule has 27 heavy (non-hydrogen) atoms. The normalized spacial score (nSPS) is 17.4. The maximum absolute atomic E-state index is 13.5. The Morgan fingerprint density at radius 2 is 1.85 bits per heavy atom. The van der Waals surface area contributed by atoms with Gasteiger partial charge < -0.3 is 10.4 Å². The molecule has 0 aromatic heterocycles. The van der Waals surface area contributed by atoms with Gasteiger partial charge in [0.25, 0.3) is 0 Å². The number of carbonyl (C=O) groups excluding carboxylic acids is 1. The van der Waals surface area contributed by atoms with E-state index in [1.807, 2.05) is 12.1 Å². The summed E-state index contributed by atoms with van der Waals surface area (Å²) >= 11 is 0. The summed E-state index contributed by atoms with van der Waals surface area (Å²) in [4.78, 5) is 24.8. The predicted molar refractivity (Wildman–Crippen MR) is 101 cm³/mol. The molecule has 1 saturated carbocycles. The van der Waals surface area contributed by atoms with Gasteiger partial charge in [-0.05, 0) is 49.4 Å². The highest BCUT2D eigenvalue weighted by molar-refractivity contribution is 5.86. The second kappa shape index (κ2) is 7.51. The quantitative estimate of drug-likeness (QED) is 0.782. The van der Waals surface area contributed by atoms with Crippen molar-refractivity contribution in [3.05, 3.63) is 71.5 Å². The Morgan fingerprint density at radius 3 is 2.41 bits per heavy atom. The lowest BCUT2D eigenvalue weighted by atomic mass is 9.64. The maximum Gasteiger partial charge on any atom is 0.315 e. The molecule has 1 amide bonds. The average molecular weight is 369 g/mol. The summed E-state index contributed by atoms with van der Waals surface area (Å²) in [5, 5.41) is 12.6. The first-order chi connectivity index (χ1) is 12.9. The molecule has 1 unspecified atom stereocenters. The zero-order valence-electron chi connectivity index (χ0n) is 15.4. The van der Waals surface area contributed by atoms with Gasteiger partial charge in [-0.3, -0.25) is 9.59 Å². The summed E-state index contributed by atoms with van der Waals surface area (Å²) in [6.07, 6.45) is 2.86. The van der Waals surface area contributed by atoms with E-state index in [0.29, 0.717) is 12.0 Å². The molecule has 0 bridgehead atoms. The van der Waals surface area contributed by atoms with Crippen LogP contribution in [0.15, 0.2) is 54.6 Å². The third-order valence-electron chi connectivity index (χ3n) is 5.71. The lowest BCUT2D eigenvalue weighted by Gasteiger charge is -2.41. The van der Waals surface area contributed by atoms with Crippen molar-refractivity contribution in [3.63, 3.8) is 0 Å². The fraction of sp³-hybridized carbons (Fsp3) is 0.364. The number of hydrogen-bond acceptors (Lipinski definition) is 2. The third-order valence-corrected chi connectivity index (χ3v) is 5.71. The van der Waals surface area contributed by atoms with Crippen molar-refractivity contribution in [1.82, 2.24) is 5.32 Å². The number of hydrogen-bond donors (Lipinski definition) is 2. The van der Waals surface area contributed by atoms with Crippen molar-refractivity contribution in [1.29, 1.82) is 0 Å². The fourth-order valence-electron chi connectivity index (χ4n) is 3.68. The first kappa shape index (κ1) is 19.1. The highest BCUT2D eigenvalue weighted by Crippen LogP contribution is 2.44. The molecule has 1 atom stereocenters. The van der Waals surface area contributed by atoms with Crippen molar-refractivity contribution in [3.8, 4) is 0 Å². The van der Waals surface area contributed by atoms with E-state index in [2.05, 4.69) is 5.32 Å². The van der Waals surface area contributed by atoms with E-state index in [1.165, 1.54) is 12.1 Å². The number of amides is 1. The number of carboxylic acid groups (broad SMARTS) is 1. The van der Waals surface area contributed by atoms with E-state index in [1.54, 1.807) is 37.3 Å². The van der Waals surface area contributed by atoms with Gasteiger partial charge in [0.05, 0.1) is 5.41 Å². The molecule has 0 radical (unpaired) electrons. The van der Waals surface area contributed by atoms with Gasteiger partial charge in [-0.25, -0.2) is 4.39 Å². The van der Waals surface area contributed by atoms with Crippen molar-refractivity contribution in [2.75, 3.05) is 6.54 Å². The Balaban J connectivity index is 1.74. The van der Waals surface area contributed by atoms with Crippen LogP contribution in [0.1, 0.15) is 37.3 Å². The van der Waals surface area contributed by atoms with Gasteiger partial charge in [-0.2, -0.15) is 0 Å². The molecule has 0 heterocycles. The molecular weight excluding hydrogens is 345 g/mol. The van der Waals surface area contributed by atoms with Gasteiger partial charge in [-0.1, -0.05) is 48.9 Å². The number of nitrogens with one attached hydrogen (secondary N) is 1. The van der Waals surface area contributed by atoms with Gasteiger partial charge >= 0.3 is 5.97 Å². The van der Waals surface area contributed by atoms with Crippen LogP contribution < -0.4 is 5.32 Å². The zero-order valence-corrected chi connectivity index (χ0v) is 15.4. The fourth-order valence-corrected chi connectivity index (χ4v) is 3.68. The summed E-state index contributed by atoms with van der Waals surface area (Å²) in [6.45, 7) is 1.63. The molecular formula is C22H24FNO3.